The van der Waals surface area contributed by atoms with E-state index in [9.17, 15) is 9.18 Å². The lowest BCUT2D eigenvalue weighted by Gasteiger charge is -2.09. The van der Waals surface area contributed by atoms with Gasteiger partial charge in [-0.2, -0.15) is 5.26 Å². The van der Waals surface area contributed by atoms with Crippen molar-refractivity contribution < 1.29 is 13.9 Å². The molecule has 4 nitrogen and oxygen atoms in total. The van der Waals surface area contributed by atoms with Crippen molar-refractivity contribution in [1.29, 1.82) is 5.26 Å². The molecule has 1 amide bonds. The minimum Gasteiger partial charge on any atom is -0.484 e. The van der Waals surface area contributed by atoms with Gasteiger partial charge in [0.15, 0.2) is 6.61 Å². The minimum absolute atomic E-state index is 0.0763. The van der Waals surface area contributed by atoms with Crippen molar-refractivity contribution in [2.75, 3.05) is 11.9 Å². The first-order chi connectivity index (χ1) is 10.1. The Morgan fingerprint density at radius 1 is 1.29 bits per heavy atom. The topological polar surface area (TPSA) is 62.1 Å². The van der Waals surface area contributed by atoms with Crippen LogP contribution in [-0.4, -0.2) is 12.5 Å². The lowest BCUT2D eigenvalue weighted by Crippen LogP contribution is -2.21. The van der Waals surface area contributed by atoms with E-state index in [1.165, 1.54) is 18.2 Å². The number of hydrogen-bond donors (Lipinski definition) is 1. The zero-order valence-electron chi connectivity index (χ0n) is 10.8. The van der Waals surface area contributed by atoms with Crippen molar-refractivity contribution >= 4 is 23.2 Å². The number of nitrogens with one attached hydrogen (secondary N) is 1. The van der Waals surface area contributed by atoms with E-state index >= 15 is 0 Å². The molecular weight excluding hydrogens is 295 g/mol. The summed E-state index contributed by atoms with van der Waals surface area (Å²) >= 11 is 5.80. The number of hydrogen-bond acceptors (Lipinski definition) is 3. The average molecular weight is 305 g/mol. The molecule has 6 heteroatoms. The predicted molar refractivity (Wildman–Crippen MR) is 76.7 cm³/mol. The summed E-state index contributed by atoms with van der Waals surface area (Å²) in [6, 6.07) is 12.4. The molecule has 0 fully saturated rings. The van der Waals surface area contributed by atoms with Crippen LogP contribution in [0.2, 0.25) is 5.02 Å². The highest BCUT2D eigenvalue weighted by Crippen LogP contribution is 2.24. The average Bonchev–Trinajstić information content (AvgIpc) is 2.49. The second-order valence-corrected chi connectivity index (χ2v) is 4.48. The summed E-state index contributed by atoms with van der Waals surface area (Å²) in [4.78, 5) is 11.7. The number of benzene rings is 2. The van der Waals surface area contributed by atoms with Gasteiger partial charge in [-0.05, 0) is 36.4 Å². The van der Waals surface area contributed by atoms with Gasteiger partial charge in [0.2, 0.25) is 0 Å². The molecular formula is C15H10ClFN2O2. The number of amides is 1. The standard InChI is InChI=1S/C15H10ClFN2O2/c16-12-2-1-3-13(17)15(12)19-14(20)9-21-11-6-4-10(8-18)5-7-11/h1-7H,9H2,(H,19,20). The smallest absolute Gasteiger partial charge is 0.262 e. The van der Waals surface area contributed by atoms with Gasteiger partial charge in [0.05, 0.1) is 22.3 Å². The van der Waals surface area contributed by atoms with Crippen LogP contribution in [0.15, 0.2) is 42.5 Å². The zero-order valence-corrected chi connectivity index (χ0v) is 11.5. The van der Waals surface area contributed by atoms with Crippen molar-refractivity contribution in [2.24, 2.45) is 0 Å². The number of ether oxygens (including phenoxy) is 1. The van der Waals surface area contributed by atoms with Crippen LogP contribution in [0.25, 0.3) is 0 Å². The number of carbonyl (C=O) groups is 1. The van der Waals surface area contributed by atoms with Gasteiger partial charge in [0.25, 0.3) is 5.91 Å². The fraction of sp³-hybridized carbons (Fsp3) is 0.0667. The summed E-state index contributed by atoms with van der Waals surface area (Å²) in [5.41, 5.74) is 0.414. The molecule has 0 spiro atoms. The number of anilines is 1. The van der Waals surface area contributed by atoms with Crippen LogP contribution >= 0.6 is 11.6 Å². The highest BCUT2D eigenvalue weighted by molar-refractivity contribution is 6.33. The summed E-state index contributed by atoms with van der Waals surface area (Å²) in [5.74, 6) is -0.718. The molecule has 0 aliphatic carbocycles. The summed E-state index contributed by atoms with van der Waals surface area (Å²) in [5, 5.41) is 11.1. The van der Waals surface area contributed by atoms with E-state index in [-0.39, 0.29) is 17.3 Å². The van der Waals surface area contributed by atoms with Crippen molar-refractivity contribution in [3.63, 3.8) is 0 Å². The summed E-state index contributed by atoms with van der Waals surface area (Å²) < 4.78 is 18.7. The molecule has 0 heterocycles. The van der Waals surface area contributed by atoms with Gasteiger partial charge in [0, 0.05) is 0 Å². The SMILES string of the molecule is N#Cc1ccc(OCC(=O)Nc2c(F)cccc2Cl)cc1. The van der Waals surface area contributed by atoms with E-state index < -0.39 is 11.7 Å². The second kappa shape index (κ2) is 6.73. The van der Waals surface area contributed by atoms with Gasteiger partial charge >= 0.3 is 0 Å². The molecule has 0 saturated heterocycles. The Morgan fingerprint density at radius 3 is 2.62 bits per heavy atom. The van der Waals surface area contributed by atoms with Gasteiger partial charge in [-0.15, -0.1) is 0 Å². The Hall–Kier alpha value is -2.58. The first-order valence-electron chi connectivity index (χ1n) is 5.97. The van der Waals surface area contributed by atoms with Crippen molar-refractivity contribution in [2.45, 2.75) is 0 Å². The number of rotatable bonds is 4. The summed E-state index contributed by atoms with van der Waals surface area (Å²) in [6.07, 6.45) is 0. The van der Waals surface area contributed by atoms with Gasteiger partial charge < -0.3 is 10.1 Å². The molecule has 2 rings (SSSR count). The number of nitrogens with zero attached hydrogens (tertiary/aromatic N) is 1. The van der Waals surface area contributed by atoms with E-state index in [2.05, 4.69) is 5.32 Å². The van der Waals surface area contributed by atoms with E-state index in [1.54, 1.807) is 24.3 Å². The monoisotopic (exact) mass is 304 g/mol. The Labute approximate surface area is 125 Å². The Bertz CT molecular complexity index is 676. The van der Waals surface area contributed by atoms with Crippen LogP contribution in [-0.2, 0) is 4.79 Å². The zero-order chi connectivity index (χ0) is 15.2. The fourth-order valence-electron chi connectivity index (χ4n) is 1.57. The van der Waals surface area contributed by atoms with E-state index in [0.29, 0.717) is 11.3 Å². The first kappa shape index (κ1) is 14.8. The molecule has 0 atom stereocenters. The van der Waals surface area contributed by atoms with E-state index in [0.717, 1.165) is 0 Å². The minimum atomic E-state index is -0.616. The number of para-hydroxylation sites is 1. The number of halogens is 2. The maximum absolute atomic E-state index is 13.5. The third-order valence-corrected chi connectivity index (χ3v) is 2.90. The maximum atomic E-state index is 13.5. The predicted octanol–water partition coefficient (Wildman–Crippen LogP) is 3.37. The molecule has 0 aliphatic heterocycles. The molecule has 0 aromatic heterocycles. The Balaban J connectivity index is 1.94. The van der Waals surface area contributed by atoms with Crippen LogP contribution in [0.4, 0.5) is 10.1 Å². The third kappa shape index (κ3) is 3.94. The highest BCUT2D eigenvalue weighted by Gasteiger charge is 2.11. The Morgan fingerprint density at radius 2 is 2.00 bits per heavy atom. The molecule has 2 aromatic carbocycles. The lowest BCUT2D eigenvalue weighted by molar-refractivity contribution is -0.118. The van der Waals surface area contributed by atoms with Gasteiger partial charge in [-0.1, -0.05) is 17.7 Å². The van der Waals surface area contributed by atoms with Crippen molar-refractivity contribution in [1.82, 2.24) is 0 Å². The summed E-state index contributed by atoms with van der Waals surface area (Å²) in [7, 11) is 0. The number of nitriles is 1. The molecule has 0 bridgehead atoms. The van der Waals surface area contributed by atoms with Crippen LogP contribution in [0, 0.1) is 17.1 Å². The highest BCUT2D eigenvalue weighted by atomic mass is 35.5. The lowest BCUT2D eigenvalue weighted by atomic mass is 10.2. The van der Waals surface area contributed by atoms with Crippen LogP contribution in [0.5, 0.6) is 5.75 Å². The van der Waals surface area contributed by atoms with Crippen LogP contribution in [0.1, 0.15) is 5.56 Å². The fourth-order valence-corrected chi connectivity index (χ4v) is 1.78. The van der Waals surface area contributed by atoms with Crippen molar-refractivity contribution in [3.8, 4) is 11.8 Å². The second-order valence-electron chi connectivity index (χ2n) is 4.07. The molecule has 0 radical (unpaired) electrons. The molecule has 0 unspecified atom stereocenters. The molecule has 2 aromatic rings. The third-order valence-electron chi connectivity index (χ3n) is 2.58. The molecule has 21 heavy (non-hydrogen) atoms. The molecule has 0 aliphatic rings. The summed E-state index contributed by atoms with van der Waals surface area (Å²) in [6.45, 7) is -0.295. The number of carbonyl (C=O) groups excluding carboxylic acids is 1. The van der Waals surface area contributed by atoms with Crippen LogP contribution < -0.4 is 10.1 Å². The van der Waals surface area contributed by atoms with Gasteiger partial charge in [-0.3, -0.25) is 4.79 Å². The van der Waals surface area contributed by atoms with Gasteiger partial charge in [0.1, 0.15) is 11.6 Å². The quantitative estimate of drug-likeness (QED) is 0.942. The normalized spacial score (nSPS) is 9.76. The van der Waals surface area contributed by atoms with Gasteiger partial charge in [-0.25, -0.2) is 4.39 Å². The molecule has 0 saturated carbocycles. The van der Waals surface area contributed by atoms with Crippen molar-refractivity contribution in [3.05, 3.63) is 58.9 Å². The molecule has 106 valence electrons. The molecule has 1 N–H and O–H groups in total. The maximum Gasteiger partial charge on any atom is 0.262 e. The van der Waals surface area contributed by atoms with Crippen LogP contribution in [0.3, 0.4) is 0 Å². The Kier molecular flexibility index (Phi) is 4.75. The first-order valence-corrected chi connectivity index (χ1v) is 6.35. The van der Waals surface area contributed by atoms with E-state index in [1.807, 2.05) is 6.07 Å². The van der Waals surface area contributed by atoms with E-state index in [4.69, 9.17) is 21.6 Å². The largest absolute Gasteiger partial charge is 0.484 e.